The molecule has 3 N–H and O–H groups in total. The number of hydrogen-bond acceptors (Lipinski definition) is 3. The third kappa shape index (κ3) is 2.62. The number of aromatic nitrogens is 1. The lowest BCUT2D eigenvalue weighted by Gasteiger charge is -2.07. The summed E-state index contributed by atoms with van der Waals surface area (Å²) in [6.07, 6.45) is 1.62. The van der Waals surface area contributed by atoms with E-state index in [0.717, 1.165) is 0 Å². The maximum absolute atomic E-state index is 12.0. The average molecular weight is 292 g/mol. The van der Waals surface area contributed by atoms with E-state index in [1.165, 1.54) is 0 Å². The quantitative estimate of drug-likeness (QED) is 0.836. The zero-order chi connectivity index (χ0) is 12.3. The molecule has 0 saturated carbocycles. The monoisotopic (exact) mass is 291 g/mol. The average Bonchev–Trinajstić information content (AvgIpc) is 2.34. The van der Waals surface area contributed by atoms with Crippen molar-refractivity contribution in [2.24, 2.45) is 0 Å². The van der Waals surface area contributed by atoms with Crippen LogP contribution in [0, 0.1) is 0 Å². The van der Waals surface area contributed by atoms with E-state index < -0.39 is 0 Å². The van der Waals surface area contributed by atoms with Crippen LogP contribution in [0.15, 0.2) is 47.1 Å². The fourth-order valence-electron chi connectivity index (χ4n) is 1.35. The molecular formula is C12H10BrN3O. The van der Waals surface area contributed by atoms with Crippen molar-refractivity contribution in [3.63, 3.8) is 0 Å². The van der Waals surface area contributed by atoms with Crippen LogP contribution in [0.5, 0.6) is 0 Å². The molecule has 1 heterocycles. The number of carbonyl (C=O) groups excluding carboxylic acids is 1. The van der Waals surface area contributed by atoms with Crippen LogP contribution >= 0.6 is 15.9 Å². The standard InChI is InChI=1S/C12H10BrN3O/c13-11-8(4-3-5-9(11)14)12(17)16-10-6-1-2-7-15-10/h1-7H,14H2,(H,15,16,17). The van der Waals surface area contributed by atoms with E-state index in [1.807, 2.05) is 0 Å². The second-order valence-electron chi connectivity index (χ2n) is 3.38. The van der Waals surface area contributed by atoms with Gasteiger partial charge in [-0.3, -0.25) is 4.79 Å². The molecule has 0 radical (unpaired) electrons. The lowest BCUT2D eigenvalue weighted by atomic mass is 10.2. The van der Waals surface area contributed by atoms with E-state index in [4.69, 9.17) is 5.73 Å². The number of anilines is 2. The number of nitrogens with one attached hydrogen (secondary N) is 1. The first kappa shape index (κ1) is 11.6. The number of nitrogen functional groups attached to an aromatic ring is 1. The van der Waals surface area contributed by atoms with Crippen molar-refractivity contribution >= 4 is 33.3 Å². The van der Waals surface area contributed by atoms with Crippen molar-refractivity contribution in [3.05, 3.63) is 52.6 Å². The molecule has 0 atom stereocenters. The zero-order valence-corrected chi connectivity index (χ0v) is 10.4. The molecule has 4 nitrogen and oxygen atoms in total. The molecule has 2 rings (SSSR count). The summed E-state index contributed by atoms with van der Waals surface area (Å²) in [5, 5.41) is 2.69. The number of nitrogens with zero attached hydrogens (tertiary/aromatic N) is 1. The Morgan fingerprint density at radius 2 is 2.06 bits per heavy atom. The minimum Gasteiger partial charge on any atom is -0.398 e. The van der Waals surface area contributed by atoms with Gasteiger partial charge in [-0.1, -0.05) is 12.1 Å². The number of benzene rings is 1. The number of halogens is 1. The van der Waals surface area contributed by atoms with Crippen LogP contribution in [-0.4, -0.2) is 10.9 Å². The van der Waals surface area contributed by atoms with Gasteiger partial charge < -0.3 is 11.1 Å². The summed E-state index contributed by atoms with van der Waals surface area (Å²) in [6, 6.07) is 10.5. The fourth-order valence-corrected chi connectivity index (χ4v) is 1.79. The lowest BCUT2D eigenvalue weighted by Crippen LogP contribution is -2.13. The minimum absolute atomic E-state index is 0.247. The maximum Gasteiger partial charge on any atom is 0.258 e. The van der Waals surface area contributed by atoms with Crippen LogP contribution in [0.25, 0.3) is 0 Å². The SMILES string of the molecule is Nc1cccc(C(=O)Nc2ccccn2)c1Br. The molecule has 0 fully saturated rings. The van der Waals surface area contributed by atoms with E-state index >= 15 is 0 Å². The molecule has 0 aliphatic rings. The third-order valence-electron chi connectivity index (χ3n) is 2.18. The van der Waals surface area contributed by atoms with Gasteiger partial charge >= 0.3 is 0 Å². The highest BCUT2D eigenvalue weighted by Crippen LogP contribution is 2.24. The topological polar surface area (TPSA) is 68.0 Å². The van der Waals surface area contributed by atoms with Crippen LogP contribution in [-0.2, 0) is 0 Å². The smallest absolute Gasteiger partial charge is 0.258 e. The van der Waals surface area contributed by atoms with Gasteiger partial charge in [0, 0.05) is 11.9 Å². The molecule has 0 unspecified atom stereocenters. The van der Waals surface area contributed by atoms with Gasteiger partial charge in [-0.2, -0.15) is 0 Å². The summed E-state index contributed by atoms with van der Waals surface area (Å²) in [5.74, 6) is 0.259. The summed E-state index contributed by atoms with van der Waals surface area (Å²) in [7, 11) is 0. The van der Waals surface area contributed by atoms with E-state index in [0.29, 0.717) is 21.5 Å². The highest BCUT2D eigenvalue weighted by Gasteiger charge is 2.11. The summed E-state index contributed by atoms with van der Waals surface area (Å²) < 4.78 is 0.591. The molecule has 1 aromatic heterocycles. The Bertz CT molecular complexity index is 543. The summed E-state index contributed by atoms with van der Waals surface area (Å²) >= 11 is 3.29. The normalized spacial score (nSPS) is 9.94. The van der Waals surface area contributed by atoms with Gasteiger partial charge in [-0.15, -0.1) is 0 Å². The van der Waals surface area contributed by atoms with E-state index in [-0.39, 0.29) is 5.91 Å². The summed E-state index contributed by atoms with van der Waals surface area (Å²) in [6.45, 7) is 0. The molecule has 0 aliphatic carbocycles. The zero-order valence-electron chi connectivity index (χ0n) is 8.85. The van der Waals surface area contributed by atoms with Gasteiger partial charge in [0.15, 0.2) is 0 Å². The Labute approximate surface area is 107 Å². The van der Waals surface area contributed by atoms with Crippen LogP contribution in [0.2, 0.25) is 0 Å². The number of hydrogen-bond donors (Lipinski definition) is 2. The van der Waals surface area contributed by atoms with Gasteiger partial charge in [0.1, 0.15) is 5.82 Å². The molecular weight excluding hydrogens is 282 g/mol. The van der Waals surface area contributed by atoms with Gasteiger partial charge in [-0.25, -0.2) is 4.98 Å². The number of rotatable bonds is 2. The van der Waals surface area contributed by atoms with Crippen LogP contribution in [0.3, 0.4) is 0 Å². The molecule has 86 valence electrons. The Balaban J connectivity index is 2.24. The molecule has 0 spiro atoms. The van der Waals surface area contributed by atoms with Gasteiger partial charge in [0.25, 0.3) is 5.91 Å². The molecule has 17 heavy (non-hydrogen) atoms. The van der Waals surface area contributed by atoms with Crippen LogP contribution < -0.4 is 11.1 Å². The minimum atomic E-state index is -0.247. The van der Waals surface area contributed by atoms with E-state index in [9.17, 15) is 4.79 Å². The molecule has 0 aliphatic heterocycles. The number of nitrogens with two attached hydrogens (primary N) is 1. The predicted octanol–water partition coefficient (Wildman–Crippen LogP) is 2.68. The number of pyridine rings is 1. The Morgan fingerprint density at radius 3 is 2.76 bits per heavy atom. The maximum atomic E-state index is 12.0. The van der Waals surface area contributed by atoms with Crippen molar-refractivity contribution in [2.45, 2.75) is 0 Å². The summed E-state index contributed by atoms with van der Waals surface area (Å²) in [4.78, 5) is 16.0. The van der Waals surface area contributed by atoms with Crippen LogP contribution in [0.4, 0.5) is 11.5 Å². The fraction of sp³-hybridized carbons (Fsp3) is 0. The number of carbonyl (C=O) groups is 1. The van der Waals surface area contributed by atoms with E-state index in [2.05, 4.69) is 26.2 Å². The Morgan fingerprint density at radius 1 is 1.24 bits per heavy atom. The van der Waals surface area contributed by atoms with Crippen molar-refractivity contribution < 1.29 is 4.79 Å². The molecule has 5 heteroatoms. The number of amides is 1. The molecule has 1 aromatic carbocycles. The predicted molar refractivity (Wildman–Crippen MR) is 70.7 cm³/mol. The van der Waals surface area contributed by atoms with Crippen LogP contribution in [0.1, 0.15) is 10.4 Å². The third-order valence-corrected chi connectivity index (χ3v) is 3.06. The van der Waals surface area contributed by atoms with Gasteiger partial charge in [0.05, 0.1) is 10.0 Å². The second kappa shape index (κ2) is 4.97. The molecule has 0 bridgehead atoms. The lowest BCUT2D eigenvalue weighted by molar-refractivity contribution is 0.102. The van der Waals surface area contributed by atoms with Crippen molar-refractivity contribution in [2.75, 3.05) is 11.1 Å². The first-order valence-corrected chi connectivity index (χ1v) is 5.74. The molecule has 2 aromatic rings. The highest BCUT2D eigenvalue weighted by molar-refractivity contribution is 9.10. The highest BCUT2D eigenvalue weighted by atomic mass is 79.9. The first-order chi connectivity index (χ1) is 8.18. The van der Waals surface area contributed by atoms with Gasteiger partial charge in [-0.05, 0) is 40.2 Å². The first-order valence-electron chi connectivity index (χ1n) is 4.95. The largest absolute Gasteiger partial charge is 0.398 e. The molecule has 1 amide bonds. The van der Waals surface area contributed by atoms with Gasteiger partial charge in [0.2, 0.25) is 0 Å². The van der Waals surface area contributed by atoms with Crippen molar-refractivity contribution in [1.29, 1.82) is 0 Å². The molecule has 0 saturated heterocycles. The second-order valence-corrected chi connectivity index (χ2v) is 4.17. The van der Waals surface area contributed by atoms with Crippen molar-refractivity contribution in [1.82, 2.24) is 4.98 Å². The Hall–Kier alpha value is -1.88. The van der Waals surface area contributed by atoms with E-state index in [1.54, 1.807) is 42.6 Å². The van der Waals surface area contributed by atoms with Crippen molar-refractivity contribution in [3.8, 4) is 0 Å². The Kier molecular flexibility index (Phi) is 3.39. The summed E-state index contributed by atoms with van der Waals surface area (Å²) in [5.41, 5.74) is 6.72.